The van der Waals surface area contributed by atoms with Crippen LogP contribution in [0.1, 0.15) is 47.2 Å². The van der Waals surface area contributed by atoms with Gasteiger partial charge in [-0.2, -0.15) is 0 Å². The molecule has 3 nitrogen and oxygen atoms in total. The molecule has 0 amide bonds. The van der Waals surface area contributed by atoms with Crippen LogP contribution in [0.3, 0.4) is 0 Å². The molecule has 0 atom stereocenters. The Kier molecular flexibility index (Phi) is 6.90. The summed E-state index contributed by atoms with van der Waals surface area (Å²) >= 11 is 0. The van der Waals surface area contributed by atoms with Crippen LogP contribution in [0.4, 0.5) is 0 Å². The standard InChI is InChI=1S/C55H37N3/c1-54(2)45-20-10-6-16-39(45)43-31-29-38(33-49(43)54)53-57-51(35-14-4-3-5-15-35)56-52(58-53)36-26-24-34(25-27-36)37-28-30-44-42-19-9-13-23-48(42)55(50(44)32-37)46-21-11-7-17-40(46)41-18-8-12-22-47(41)55/h3-33H,1-2H3. The van der Waals surface area contributed by atoms with Gasteiger partial charge in [0, 0.05) is 22.1 Å². The molecule has 0 aliphatic heterocycles. The summed E-state index contributed by atoms with van der Waals surface area (Å²) in [6, 6.07) is 68.3. The first-order chi connectivity index (χ1) is 28.5. The minimum absolute atomic E-state index is 0.125. The van der Waals surface area contributed by atoms with Gasteiger partial charge in [0.2, 0.25) is 0 Å². The van der Waals surface area contributed by atoms with Gasteiger partial charge in [0.15, 0.2) is 17.5 Å². The van der Waals surface area contributed by atoms with Crippen LogP contribution in [0.2, 0.25) is 0 Å². The predicted molar refractivity (Wildman–Crippen MR) is 235 cm³/mol. The smallest absolute Gasteiger partial charge is 0.164 e. The molecule has 0 unspecified atom stereocenters. The zero-order valence-corrected chi connectivity index (χ0v) is 32.2. The van der Waals surface area contributed by atoms with Crippen molar-refractivity contribution in [1.82, 2.24) is 15.0 Å². The van der Waals surface area contributed by atoms with Crippen molar-refractivity contribution in [3.8, 4) is 78.7 Å². The zero-order chi connectivity index (χ0) is 38.6. The molecule has 12 rings (SSSR count). The topological polar surface area (TPSA) is 38.7 Å². The Morgan fingerprint density at radius 3 is 1.21 bits per heavy atom. The predicted octanol–water partition coefficient (Wildman–Crippen LogP) is 13.2. The van der Waals surface area contributed by atoms with Crippen molar-refractivity contribution in [2.75, 3.05) is 0 Å². The Hall–Kier alpha value is -7.23. The first-order valence-electron chi connectivity index (χ1n) is 20.1. The van der Waals surface area contributed by atoms with E-state index in [9.17, 15) is 0 Å². The minimum Gasteiger partial charge on any atom is -0.208 e. The molecule has 1 aromatic heterocycles. The second kappa shape index (κ2) is 12.1. The van der Waals surface area contributed by atoms with E-state index in [1.165, 1.54) is 72.3 Å². The van der Waals surface area contributed by atoms with Gasteiger partial charge in [-0.1, -0.05) is 190 Å². The molecular weight excluding hydrogens is 703 g/mol. The summed E-state index contributed by atoms with van der Waals surface area (Å²) in [6.45, 7) is 4.62. The van der Waals surface area contributed by atoms with Gasteiger partial charge in [0.1, 0.15) is 0 Å². The van der Waals surface area contributed by atoms with E-state index in [1.54, 1.807) is 0 Å². The summed E-state index contributed by atoms with van der Waals surface area (Å²) in [7, 11) is 0. The molecule has 0 bridgehead atoms. The fraction of sp³-hybridized carbons (Fsp3) is 0.0727. The third kappa shape index (κ3) is 4.53. The van der Waals surface area contributed by atoms with E-state index in [0.29, 0.717) is 17.5 Å². The Bertz CT molecular complexity index is 3080. The van der Waals surface area contributed by atoms with E-state index in [4.69, 9.17) is 15.0 Å². The highest BCUT2D eigenvalue weighted by molar-refractivity contribution is 5.96. The van der Waals surface area contributed by atoms with Gasteiger partial charge in [0.05, 0.1) is 5.41 Å². The normalized spacial score (nSPS) is 14.3. The monoisotopic (exact) mass is 739 g/mol. The maximum absolute atomic E-state index is 5.16. The summed E-state index contributed by atoms with van der Waals surface area (Å²) < 4.78 is 0. The fourth-order valence-electron chi connectivity index (χ4n) is 10.3. The number of fused-ring (bicyclic) bond motifs is 13. The molecule has 3 heteroatoms. The average molecular weight is 740 g/mol. The maximum Gasteiger partial charge on any atom is 0.164 e. The van der Waals surface area contributed by atoms with Crippen LogP contribution < -0.4 is 0 Å². The van der Waals surface area contributed by atoms with Crippen LogP contribution in [-0.4, -0.2) is 15.0 Å². The van der Waals surface area contributed by atoms with Crippen molar-refractivity contribution in [3.63, 3.8) is 0 Å². The molecule has 1 spiro atoms. The highest BCUT2D eigenvalue weighted by atomic mass is 15.0. The van der Waals surface area contributed by atoms with E-state index in [1.807, 2.05) is 18.2 Å². The Morgan fingerprint density at radius 1 is 0.276 bits per heavy atom. The number of nitrogens with zero attached hydrogens (tertiary/aromatic N) is 3. The molecule has 58 heavy (non-hydrogen) atoms. The zero-order valence-electron chi connectivity index (χ0n) is 32.2. The number of rotatable bonds is 4. The number of hydrogen-bond donors (Lipinski definition) is 0. The average Bonchev–Trinajstić information content (AvgIpc) is 3.85. The summed E-state index contributed by atoms with van der Waals surface area (Å²) in [4.78, 5) is 15.3. The van der Waals surface area contributed by atoms with Gasteiger partial charge in [-0.25, -0.2) is 15.0 Å². The molecule has 9 aromatic rings. The Labute approximate surface area is 338 Å². The molecule has 272 valence electrons. The van der Waals surface area contributed by atoms with Gasteiger partial charge in [0.25, 0.3) is 0 Å². The van der Waals surface area contributed by atoms with E-state index in [0.717, 1.165) is 22.3 Å². The van der Waals surface area contributed by atoms with E-state index in [-0.39, 0.29) is 10.8 Å². The molecule has 8 aromatic carbocycles. The number of hydrogen-bond acceptors (Lipinski definition) is 3. The van der Waals surface area contributed by atoms with Crippen LogP contribution in [-0.2, 0) is 10.8 Å². The van der Waals surface area contributed by atoms with Crippen LogP contribution in [0.5, 0.6) is 0 Å². The van der Waals surface area contributed by atoms with Crippen molar-refractivity contribution in [2.24, 2.45) is 0 Å². The van der Waals surface area contributed by atoms with Crippen molar-refractivity contribution in [3.05, 3.63) is 221 Å². The quantitative estimate of drug-likeness (QED) is 0.180. The second-order valence-corrected chi connectivity index (χ2v) is 16.3. The largest absolute Gasteiger partial charge is 0.208 e. The molecule has 3 aliphatic rings. The van der Waals surface area contributed by atoms with Crippen LogP contribution >= 0.6 is 0 Å². The summed E-state index contributed by atoms with van der Waals surface area (Å²) in [5.41, 5.74) is 20.6. The lowest BCUT2D eigenvalue weighted by Crippen LogP contribution is -2.25. The fourth-order valence-corrected chi connectivity index (χ4v) is 10.3. The van der Waals surface area contributed by atoms with Crippen molar-refractivity contribution in [1.29, 1.82) is 0 Å². The lowest BCUT2D eigenvalue weighted by Gasteiger charge is -2.30. The summed E-state index contributed by atoms with van der Waals surface area (Å²) in [5, 5.41) is 0. The van der Waals surface area contributed by atoms with Crippen molar-refractivity contribution >= 4 is 0 Å². The van der Waals surface area contributed by atoms with E-state index < -0.39 is 0 Å². The third-order valence-corrected chi connectivity index (χ3v) is 13.0. The highest BCUT2D eigenvalue weighted by Gasteiger charge is 2.51. The van der Waals surface area contributed by atoms with Crippen LogP contribution in [0.15, 0.2) is 188 Å². The maximum atomic E-state index is 5.16. The van der Waals surface area contributed by atoms with Gasteiger partial charge < -0.3 is 0 Å². The number of benzene rings is 8. The first-order valence-corrected chi connectivity index (χ1v) is 20.1. The Morgan fingerprint density at radius 2 is 0.638 bits per heavy atom. The lowest BCUT2D eigenvalue weighted by atomic mass is 9.70. The summed E-state index contributed by atoms with van der Waals surface area (Å²) in [6.07, 6.45) is 0. The molecule has 0 saturated heterocycles. The SMILES string of the molecule is CC1(C)c2ccccc2-c2ccc(-c3nc(-c4ccccc4)nc(-c4ccc(-c5ccc6c(c5)C5(c7ccccc7-c7ccccc75)c5ccccc5-6)cc4)n3)cc21. The molecule has 0 saturated carbocycles. The van der Waals surface area contributed by atoms with Crippen LogP contribution in [0.25, 0.3) is 78.7 Å². The van der Waals surface area contributed by atoms with Crippen molar-refractivity contribution in [2.45, 2.75) is 24.7 Å². The minimum atomic E-state index is -0.375. The van der Waals surface area contributed by atoms with Gasteiger partial charge >= 0.3 is 0 Å². The molecule has 3 aliphatic carbocycles. The van der Waals surface area contributed by atoms with Gasteiger partial charge in [-0.15, -0.1) is 0 Å². The molecular formula is C55H37N3. The van der Waals surface area contributed by atoms with E-state index >= 15 is 0 Å². The van der Waals surface area contributed by atoms with Crippen LogP contribution in [0, 0.1) is 0 Å². The number of aromatic nitrogens is 3. The van der Waals surface area contributed by atoms with Gasteiger partial charge in [-0.3, -0.25) is 0 Å². The van der Waals surface area contributed by atoms with Gasteiger partial charge in [-0.05, 0) is 90.0 Å². The first kappa shape index (κ1) is 33.0. The lowest BCUT2D eigenvalue weighted by molar-refractivity contribution is 0.660. The summed E-state index contributed by atoms with van der Waals surface area (Å²) in [5.74, 6) is 1.98. The van der Waals surface area contributed by atoms with E-state index in [2.05, 4.69) is 184 Å². The Balaban J connectivity index is 0.967. The molecule has 0 fully saturated rings. The second-order valence-electron chi connectivity index (χ2n) is 16.3. The molecule has 0 N–H and O–H groups in total. The third-order valence-electron chi connectivity index (χ3n) is 13.0. The van der Waals surface area contributed by atoms with Crippen molar-refractivity contribution < 1.29 is 0 Å². The molecule has 1 heterocycles. The molecule has 0 radical (unpaired) electrons. The highest BCUT2D eigenvalue weighted by Crippen LogP contribution is 2.63.